The highest BCUT2D eigenvalue weighted by Gasteiger charge is 2.23. The molecule has 0 atom stereocenters. The molecule has 0 amide bonds. The lowest BCUT2D eigenvalue weighted by Gasteiger charge is -2.06. The van der Waals surface area contributed by atoms with Gasteiger partial charge in [0.1, 0.15) is 17.4 Å². The van der Waals surface area contributed by atoms with Crippen LogP contribution < -0.4 is 10.1 Å². The summed E-state index contributed by atoms with van der Waals surface area (Å²) in [6, 6.07) is 14.3. The molecule has 5 heteroatoms. The van der Waals surface area contributed by atoms with Crippen molar-refractivity contribution >= 4 is 5.82 Å². The number of aromatic nitrogens is 2. The van der Waals surface area contributed by atoms with Crippen LogP contribution in [0.2, 0.25) is 0 Å². The number of anilines is 1. The first-order valence-corrected chi connectivity index (χ1v) is 7.52. The first-order valence-electron chi connectivity index (χ1n) is 7.52. The maximum atomic E-state index is 13.2. The summed E-state index contributed by atoms with van der Waals surface area (Å²) < 4.78 is 20.2. The molecular weight excluding hydrogens is 293 g/mol. The standard InChI is InChI=1S/C18H16FN3O/c1-23-15-8-2-12(3-9-15)17-16-10-11-20-18(16)22(21-17)14-6-4-13(19)5-7-14/h2-9,20H,10-11H2,1H3. The Hall–Kier alpha value is -2.82. The van der Waals surface area contributed by atoms with E-state index in [4.69, 9.17) is 9.84 Å². The predicted molar refractivity (Wildman–Crippen MR) is 87.7 cm³/mol. The highest BCUT2D eigenvalue weighted by Crippen LogP contribution is 2.35. The quantitative estimate of drug-likeness (QED) is 0.802. The van der Waals surface area contributed by atoms with E-state index in [0.717, 1.165) is 41.5 Å². The van der Waals surface area contributed by atoms with E-state index in [2.05, 4.69) is 5.32 Å². The molecular formula is C18H16FN3O. The van der Waals surface area contributed by atoms with Crippen LogP contribution in [0.1, 0.15) is 5.56 Å². The molecule has 1 aliphatic heterocycles. The second kappa shape index (κ2) is 5.43. The molecule has 4 rings (SSSR count). The van der Waals surface area contributed by atoms with Gasteiger partial charge in [0.15, 0.2) is 0 Å². The third kappa shape index (κ3) is 2.34. The molecule has 1 N–H and O–H groups in total. The van der Waals surface area contributed by atoms with E-state index < -0.39 is 0 Å². The Bertz CT molecular complexity index is 838. The minimum absolute atomic E-state index is 0.249. The van der Waals surface area contributed by atoms with Crippen LogP contribution in [-0.2, 0) is 6.42 Å². The molecule has 116 valence electrons. The Morgan fingerprint density at radius 3 is 2.52 bits per heavy atom. The molecule has 0 saturated heterocycles. The molecule has 2 aromatic carbocycles. The largest absolute Gasteiger partial charge is 0.497 e. The number of nitrogens with one attached hydrogen (secondary N) is 1. The average molecular weight is 309 g/mol. The van der Waals surface area contributed by atoms with Crippen molar-refractivity contribution < 1.29 is 9.13 Å². The molecule has 2 heterocycles. The summed E-state index contributed by atoms with van der Waals surface area (Å²) in [5.41, 5.74) is 4.04. The number of rotatable bonds is 3. The van der Waals surface area contributed by atoms with E-state index >= 15 is 0 Å². The Labute approximate surface area is 133 Å². The van der Waals surface area contributed by atoms with Crippen LogP contribution in [0.4, 0.5) is 10.2 Å². The van der Waals surface area contributed by atoms with Crippen LogP contribution in [0, 0.1) is 5.82 Å². The first-order chi connectivity index (χ1) is 11.3. The van der Waals surface area contributed by atoms with E-state index in [1.807, 2.05) is 28.9 Å². The average Bonchev–Trinajstić information content (AvgIpc) is 3.18. The molecule has 0 radical (unpaired) electrons. The van der Waals surface area contributed by atoms with Gasteiger partial charge in [-0.3, -0.25) is 0 Å². The van der Waals surface area contributed by atoms with Gasteiger partial charge < -0.3 is 10.1 Å². The lowest BCUT2D eigenvalue weighted by Crippen LogP contribution is -2.04. The van der Waals surface area contributed by atoms with Crippen LogP contribution in [0.15, 0.2) is 48.5 Å². The zero-order valence-electron chi connectivity index (χ0n) is 12.7. The molecule has 0 saturated carbocycles. The molecule has 0 unspecified atom stereocenters. The summed E-state index contributed by atoms with van der Waals surface area (Å²) in [5.74, 6) is 1.56. The number of halogens is 1. The van der Waals surface area contributed by atoms with Crippen LogP contribution in [0.3, 0.4) is 0 Å². The van der Waals surface area contributed by atoms with E-state index in [1.165, 1.54) is 17.7 Å². The highest BCUT2D eigenvalue weighted by atomic mass is 19.1. The summed E-state index contributed by atoms with van der Waals surface area (Å²) in [7, 11) is 1.65. The molecule has 4 nitrogen and oxygen atoms in total. The Balaban J connectivity index is 1.82. The number of hydrogen-bond donors (Lipinski definition) is 1. The SMILES string of the molecule is COc1ccc(-c2nn(-c3ccc(F)cc3)c3c2CCN3)cc1. The number of ether oxygens (including phenoxy) is 1. The zero-order chi connectivity index (χ0) is 15.8. The fourth-order valence-corrected chi connectivity index (χ4v) is 2.92. The van der Waals surface area contributed by atoms with Gasteiger partial charge in [-0.15, -0.1) is 0 Å². The van der Waals surface area contributed by atoms with Crippen LogP contribution in [0.25, 0.3) is 16.9 Å². The van der Waals surface area contributed by atoms with E-state index in [-0.39, 0.29) is 5.82 Å². The van der Waals surface area contributed by atoms with Crippen molar-refractivity contribution in [3.63, 3.8) is 0 Å². The summed E-state index contributed by atoms with van der Waals surface area (Å²) >= 11 is 0. The van der Waals surface area contributed by atoms with Crippen LogP contribution in [-0.4, -0.2) is 23.4 Å². The van der Waals surface area contributed by atoms with Gasteiger partial charge in [0.25, 0.3) is 0 Å². The monoisotopic (exact) mass is 309 g/mol. The summed E-state index contributed by atoms with van der Waals surface area (Å²) in [4.78, 5) is 0. The van der Waals surface area contributed by atoms with Crippen molar-refractivity contribution in [1.29, 1.82) is 0 Å². The normalized spacial score (nSPS) is 12.8. The summed E-state index contributed by atoms with van der Waals surface area (Å²) in [6.45, 7) is 0.886. The third-order valence-electron chi connectivity index (χ3n) is 4.09. The van der Waals surface area contributed by atoms with Gasteiger partial charge in [0.2, 0.25) is 0 Å². The molecule has 0 aliphatic carbocycles. The third-order valence-corrected chi connectivity index (χ3v) is 4.09. The summed E-state index contributed by atoms with van der Waals surface area (Å²) in [5, 5.41) is 8.12. The first kappa shape index (κ1) is 13.8. The van der Waals surface area contributed by atoms with Crippen molar-refractivity contribution in [2.75, 3.05) is 19.0 Å². The molecule has 0 spiro atoms. The molecule has 0 fully saturated rings. The van der Waals surface area contributed by atoms with Crippen molar-refractivity contribution in [2.45, 2.75) is 6.42 Å². The number of benzene rings is 2. The van der Waals surface area contributed by atoms with Crippen molar-refractivity contribution in [3.8, 4) is 22.7 Å². The molecule has 23 heavy (non-hydrogen) atoms. The second-order valence-corrected chi connectivity index (χ2v) is 5.47. The molecule has 1 aliphatic rings. The smallest absolute Gasteiger partial charge is 0.133 e. The lowest BCUT2D eigenvalue weighted by molar-refractivity contribution is 0.415. The van der Waals surface area contributed by atoms with Crippen molar-refractivity contribution in [3.05, 3.63) is 59.9 Å². The maximum Gasteiger partial charge on any atom is 0.133 e. The van der Waals surface area contributed by atoms with Gasteiger partial charge in [0, 0.05) is 17.7 Å². The van der Waals surface area contributed by atoms with Crippen molar-refractivity contribution in [2.24, 2.45) is 0 Å². The zero-order valence-corrected chi connectivity index (χ0v) is 12.7. The van der Waals surface area contributed by atoms with Gasteiger partial charge in [-0.2, -0.15) is 5.10 Å². The minimum Gasteiger partial charge on any atom is -0.497 e. The minimum atomic E-state index is -0.249. The Morgan fingerprint density at radius 2 is 1.83 bits per heavy atom. The Morgan fingerprint density at radius 1 is 1.09 bits per heavy atom. The second-order valence-electron chi connectivity index (χ2n) is 5.47. The fraction of sp³-hybridized carbons (Fsp3) is 0.167. The van der Waals surface area contributed by atoms with E-state index in [0.29, 0.717) is 0 Å². The van der Waals surface area contributed by atoms with Crippen LogP contribution >= 0.6 is 0 Å². The molecule has 1 aromatic heterocycles. The van der Waals surface area contributed by atoms with Gasteiger partial charge >= 0.3 is 0 Å². The maximum absolute atomic E-state index is 13.2. The van der Waals surface area contributed by atoms with Crippen molar-refractivity contribution in [1.82, 2.24) is 9.78 Å². The van der Waals surface area contributed by atoms with Gasteiger partial charge in [0.05, 0.1) is 18.5 Å². The molecule has 3 aromatic rings. The lowest BCUT2D eigenvalue weighted by atomic mass is 10.1. The number of hydrogen-bond acceptors (Lipinski definition) is 3. The molecule has 0 bridgehead atoms. The van der Waals surface area contributed by atoms with E-state index in [1.54, 1.807) is 19.2 Å². The van der Waals surface area contributed by atoms with Gasteiger partial charge in [-0.25, -0.2) is 9.07 Å². The topological polar surface area (TPSA) is 39.1 Å². The highest BCUT2D eigenvalue weighted by molar-refractivity contribution is 5.73. The number of nitrogens with zero attached hydrogens (tertiary/aromatic N) is 2. The Kier molecular flexibility index (Phi) is 3.26. The van der Waals surface area contributed by atoms with E-state index in [9.17, 15) is 4.39 Å². The van der Waals surface area contributed by atoms with Crippen LogP contribution in [0.5, 0.6) is 5.75 Å². The van der Waals surface area contributed by atoms with Gasteiger partial charge in [-0.1, -0.05) is 0 Å². The number of methoxy groups -OCH3 is 1. The number of fused-ring (bicyclic) bond motifs is 1. The predicted octanol–water partition coefficient (Wildman–Crippen LogP) is 3.66. The fourth-order valence-electron chi connectivity index (χ4n) is 2.92. The summed E-state index contributed by atoms with van der Waals surface area (Å²) in [6.07, 6.45) is 0.928. The van der Waals surface area contributed by atoms with Gasteiger partial charge in [-0.05, 0) is 55.0 Å².